The van der Waals surface area contributed by atoms with Crippen molar-refractivity contribution in [1.29, 1.82) is 0 Å². The fourth-order valence-corrected chi connectivity index (χ4v) is 1.86. The normalized spacial score (nSPS) is 10.6. The van der Waals surface area contributed by atoms with E-state index in [4.69, 9.17) is 0 Å². The summed E-state index contributed by atoms with van der Waals surface area (Å²) in [5, 5.41) is 9.89. The highest BCUT2D eigenvalue weighted by molar-refractivity contribution is 5.30. The van der Waals surface area contributed by atoms with Gasteiger partial charge in [-0.1, -0.05) is 30.3 Å². The molecule has 18 heavy (non-hydrogen) atoms. The molecule has 2 aromatic rings. The van der Waals surface area contributed by atoms with Gasteiger partial charge in [0.05, 0.1) is 5.56 Å². The molecule has 0 unspecified atom stereocenters. The Labute approximate surface area is 104 Å². The van der Waals surface area contributed by atoms with Crippen molar-refractivity contribution in [3.8, 4) is 5.88 Å². The van der Waals surface area contributed by atoms with Gasteiger partial charge in [0.25, 0.3) is 5.56 Å². The van der Waals surface area contributed by atoms with Gasteiger partial charge in [-0.15, -0.1) is 0 Å². The lowest BCUT2D eigenvalue weighted by atomic mass is 10.1. The van der Waals surface area contributed by atoms with Crippen LogP contribution in [0, 0.1) is 0 Å². The lowest BCUT2D eigenvalue weighted by molar-refractivity contribution is 0.404. The Morgan fingerprint density at radius 1 is 1.06 bits per heavy atom. The summed E-state index contributed by atoms with van der Waals surface area (Å²) >= 11 is 0. The second-order valence-electron chi connectivity index (χ2n) is 4.17. The molecular weight excluding hydrogens is 232 g/mol. The van der Waals surface area contributed by atoms with Crippen LogP contribution in [-0.4, -0.2) is 14.2 Å². The number of aromatic nitrogens is 2. The predicted molar refractivity (Wildman–Crippen MR) is 67.8 cm³/mol. The van der Waals surface area contributed by atoms with E-state index < -0.39 is 11.2 Å². The molecule has 0 fully saturated rings. The summed E-state index contributed by atoms with van der Waals surface area (Å²) < 4.78 is 2.07. The van der Waals surface area contributed by atoms with E-state index in [1.807, 2.05) is 30.3 Å². The SMILES string of the molecule is Cn1c(O)c(Cc2ccccc2)c(=O)n(C)c1=O. The van der Waals surface area contributed by atoms with Gasteiger partial charge in [0.2, 0.25) is 5.88 Å². The fourth-order valence-electron chi connectivity index (χ4n) is 1.86. The van der Waals surface area contributed by atoms with E-state index in [0.717, 1.165) is 14.7 Å². The minimum atomic E-state index is -0.533. The Kier molecular flexibility index (Phi) is 3.06. The van der Waals surface area contributed by atoms with E-state index >= 15 is 0 Å². The third kappa shape index (κ3) is 1.95. The van der Waals surface area contributed by atoms with Crippen LogP contribution >= 0.6 is 0 Å². The molecule has 0 spiro atoms. The number of hydrogen-bond donors (Lipinski definition) is 1. The Morgan fingerprint density at radius 2 is 1.67 bits per heavy atom. The smallest absolute Gasteiger partial charge is 0.333 e. The summed E-state index contributed by atoms with van der Waals surface area (Å²) in [5.74, 6) is -0.271. The molecule has 0 aliphatic heterocycles. The van der Waals surface area contributed by atoms with E-state index in [1.165, 1.54) is 14.1 Å². The van der Waals surface area contributed by atoms with Crippen LogP contribution in [0.2, 0.25) is 0 Å². The predicted octanol–water partition coefficient (Wildman–Crippen LogP) is 0.380. The zero-order valence-corrected chi connectivity index (χ0v) is 10.3. The lowest BCUT2D eigenvalue weighted by Gasteiger charge is -2.10. The van der Waals surface area contributed by atoms with Gasteiger partial charge in [-0.05, 0) is 5.56 Å². The average molecular weight is 246 g/mol. The average Bonchev–Trinajstić information content (AvgIpc) is 2.40. The highest BCUT2D eigenvalue weighted by Gasteiger charge is 2.14. The molecule has 0 atom stereocenters. The highest BCUT2D eigenvalue weighted by Crippen LogP contribution is 2.13. The van der Waals surface area contributed by atoms with Crippen LogP contribution in [0.25, 0.3) is 0 Å². The number of nitrogens with zero attached hydrogens (tertiary/aromatic N) is 2. The summed E-state index contributed by atoms with van der Waals surface area (Å²) in [6.07, 6.45) is 0.299. The minimum Gasteiger partial charge on any atom is -0.494 e. The molecule has 0 bridgehead atoms. The number of hydrogen-bond acceptors (Lipinski definition) is 3. The zero-order chi connectivity index (χ0) is 13.3. The van der Waals surface area contributed by atoms with Crippen LogP contribution in [0.15, 0.2) is 39.9 Å². The Bertz CT molecular complexity index is 684. The van der Waals surface area contributed by atoms with Crippen LogP contribution in [0.5, 0.6) is 5.88 Å². The van der Waals surface area contributed by atoms with Crippen LogP contribution in [-0.2, 0) is 20.5 Å². The fraction of sp³-hybridized carbons (Fsp3) is 0.231. The number of rotatable bonds is 2. The topological polar surface area (TPSA) is 64.2 Å². The molecule has 5 nitrogen and oxygen atoms in total. The molecule has 5 heteroatoms. The second kappa shape index (κ2) is 4.52. The van der Waals surface area contributed by atoms with Gasteiger partial charge in [-0.25, -0.2) is 4.79 Å². The zero-order valence-electron chi connectivity index (χ0n) is 10.3. The first-order valence-corrected chi connectivity index (χ1v) is 5.54. The van der Waals surface area contributed by atoms with Crippen LogP contribution in [0.1, 0.15) is 11.1 Å². The summed E-state index contributed by atoms with van der Waals surface area (Å²) in [4.78, 5) is 23.5. The van der Waals surface area contributed by atoms with Crippen molar-refractivity contribution >= 4 is 0 Å². The van der Waals surface area contributed by atoms with E-state index in [9.17, 15) is 14.7 Å². The van der Waals surface area contributed by atoms with Gasteiger partial charge in [0.1, 0.15) is 0 Å². The third-order valence-corrected chi connectivity index (χ3v) is 2.95. The van der Waals surface area contributed by atoms with Crippen molar-refractivity contribution in [2.75, 3.05) is 0 Å². The Hall–Kier alpha value is -2.30. The molecular formula is C13H14N2O3. The maximum absolute atomic E-state index is 12.0. The first kappa shape index (κ1) is 12.2. The Morgan fingerprint density at radius 3 is 2.28 bits per heavy atom. The van der Waals surface area contributed by atoms with Crippen molar-refractivity contribution in [3.05, 3.63) is 62.3 Å². The van der Waals surface area contributed by atoms with Crippen molar-refractivity contribution in [3.63, 3.8) is 0 Å². The molecule has 1 aromatic carbocycles. The summed E-state index contributed by atoms with van der Waals surface area (Å²) in [6, 6.07) is 9.33. The maximum atomic E-state index is 12.0. The molecule has 2 rings (SSSR count). The van der Waals surface area contributed by atoms with Crippen molar-refractivity contribution in [2.24, 2.45) is 14.1 Å². The summed E-state index contributed by atoms with van der Waals surface area (Å²) in [5.41, 5.74) is 0.142. The number of aromatic hydroxyl groups is 1. The van der Waals surface area contributed by atoms with Crippen LogP contribution < -0.4 is 11.2 Å². The molecule has 0 aliphatic rings. The standard InChI is InChI=1S/C13H14N2O3/c1-14-11(16)10(12(17)15(2)13(14)18)8-9-6-4-3-5-7-9/h3-7,16H,8H2,1-2H3. The second-order valence-corrected chi connectivity index (χ2v) is 4.17. The molecule has 0 saturated carbocycles. The third-order valence-electron chi connectivity index (χ3n) is 2.95. The van der Waals surface area contributed by atoms with Crippen molar-refractivity contribution < 1.29 is 5.11 Å². The van der Waals surface area contributed by atoms with E-state index in [-0.39, 0.29) is 11.4 Å². The number of benzene rings is 1. The van der Waals surface area contributed by atoms with Gasteiger partial charge >= 0.3 is 5.69 Å². The van der Waals surface area contributed by atoms with Gasteiger partial charge in [0, 0.05) is 20.5 Å². The van der Waals surface area contributed by atoms with E-state index in [0.29, 0.717) is 6.42 Å². The minimum absolute atomic E-state index is 0.228. The molecule has 0 saturated heterocycles. The van der Waals surface area contributed by atoms with Gasteiger partial charge < -0.3 is 5.11 Å². The first-order chi connectivity index (χ1) is 8.52. The Balaban J connectivity index is 2.59. The first-order valence-electron chi connectivity index (χ1n) is 5.54. The molecule has 1 heterocycles. The summed E-state index contributed by atoms with van der Waals surface area (Å²) in [7, 11) is 2.84. The van der Waals surface area contributed by atoms with E-state index in [1.54, 1.807) is 0 Å². The molecule has 1 aromatic heterocycles. The molecule has 1 N–H and O–H groups in total. The van der Waals surface area contributed by atoms with Gasteiger partial charge in [-0.3, -0.25) is 13.9 Å². The molecule has 0 amide bonds. The molecule has 94 valence electrons. The van der Waals surface area contributed by atoms with Crippen molar-refractivity contribution in [2.45, 2.75) is 6.42 Å². The largest absolute Gasteiger partial charge is 0.494 e. The van der Waals surface area contributed by atoms with Crippen LogP contribution in [0.3, 0.4) is 0 Å². The lowest BCUT2D eigenvalue weighted by Crippen LogP contribution is -2.38. The quantitative estimate of drug-likeness (QED) is 0.833. The highest BCUT2D eigenvalue weighted by atomic mass is 16.3. The summed E-state index contributed by atoms with van der Waals surface area (Å²) in [6.45, 7) is 0. The van der Waals surface area contributed by atoms with Crippen LogP contribution in [0.4, 0.5) is 0 Å². The maximum Gasteiger partial charge on any atom is 0.333 e. The molecule has 0 radical (unpaired) electrons. The van der Waals surface area contributed by atoms with E-state index in [2.05, 4.69) is 0 Å². The van der Waals surface area contributed by atoms with Crippen molar-refractivity contribution in [1.82, 2.24) is 9.13 Å². The van der Waals surface area contributed by atoms with Gasteiger partial charge in [-0.2, -0.15) is 0 Å². The van der Waals surface area contributed by atoms with Gasteiger partial charge in [0.15, 0.2) is 0 Å². The molecule has 0 aliphatic carbocycles. The monoisotopic (exact) mass is 246 g/mol.